The number of aliphatic carboxylic acids is 1. The lowest BCUT2D eigenvalue weighted by Crippen LogP contribution is -2.21. The fourth-order valence-corrected chi connectivity index (χ4v) is 1.55. The molecule has 1 rings (SSSR count). The van der Waals surface area contributed by atoms with Crippen molar-refractivity contribution >= 4 is 5.97 Å². The molecule has 0 aliphatic rings. The van der Waals surface area contributed by atoms with Gasteiger partial charge in [-0.15, -0.1) is 0 Å². The molecule has 0 saturated heterocycles. The SMILES string of the molecule is COc1cc(C)cc(C(CN)C(=O)O)c1O. The first-order valence-corrected chi connectivity index (χ1v) is 4.81. The number of ether oxygens (including phenoxy) is 1. The van der Waals surface area contributed by atoms with Crippen LogP contribution in [0, 0.1) is 6.92 Å². The van der Waals surface area contributed by atoms with E-state index < -0.39 is 11.9 Å². The van der Waals surface area contributed by atoms with Crippen molar-refractivity contribution in [2.45, 2.75) is 12.8 Å². The summed E-state index contributed by atoms with van der Waals surface area (Å²) in [6.07, 6.45) is 0. The number of hydrogen-bond donors (Lipinski definition) is 3. The summed E-state index contributed by atoms with van der Waals surface area (Å²) in [7, 11) is 1.41. The van der Waals surface area contributed by atoms with Gasteiger partial charge < -0.3 is 20.7 Å². The van der Waals surface area contributed by atoms with Gasteiger partial charge in [0.15, 0.2) is 11.5 Å². The largest absolute Gasteiger partial charge is 0.504 e. The lowest BCUT2D eigenvalue weighted by molar-refractivity contribution is -0.138. The molecular weight excluding hydrogens is 210 g/mol. The standard InChI is InChI=1S/C11H15NO4/c1-6-3-7(8(5-12)11(14)15)10(13)9(4-6)16-2/h3-4,8,13H,5,12H2,1-2H3,(H,14,15). The molecule has 1 atom stereocenters. The highest BCUT2D eigenvalue weighted by molar-refractivity contribution is 5.78. The summed E-state index contributed by atoms with van der Waals surface area (Å²) in [6.45, 7) is 1.72. The fourth-order valence-electron chi connectivity index (χ4n) is 1.55. The molecule has 1 aromatic carbocycles. The molecule has 1 aromatic rings. The zero-order valence-corrected chi connectivity index (χ0v) is 9.23. The van der Waals surface area contributed by atoms with Gasteiger partial charge in [0.2, 0.25) is 0 Å². The number of aromatic hydroxyl groups is 1. The van der Waals surface area contributed by atoms with E-state index in [1.165, 1.54) is 7.11 Å². The van der Waals surface area contributed by atoms with Gasteiger partial charge in [-0.2, -0.15) is 0 Å². The highest BCUT2D eigenvalue weighted by Crippen LogP contribution is 2.35. The molecule has 0 aliphatic heterocycles. The minimum Gasteiger partial charge on any atom is -0.504 e. The molecule has 0 aromatic heterocycles. The normalized spacial score (nSPS) is 12.2. The average molecular weight is 225 g/mol. The summed E-state index contributed by atoms with van der Waals surface area (Å²) in [5, 5.41) is 18.8. The van der Waals surface area contributed by atoms with Crippen molar-refractivity contribution in [3.05, 3.63) is 23.3 Å². The number of rotatable bonds is 4. The Balaban J connectivity index is 3.31. The molecule has 0 amide bonds. The molecule has 5 nitrogen and oxygen atoms in total. The van der Waals surface area contributed by atoms with Gasteiger partial charge in [-0.1, -0.05) is 6.07 Å². The number of carbonyl (C=O) groups is 1. The van der Waals surface area contributed by atoms with Crippen molar-refractivity contribution in [3.8, 4) is 11.5 Å². The van der Waals surface area contributed by atoms with Gasteiger partial charge in [-0.05, 0) is 18.6 Å². The summed E-state index contributed by atoms with van der Waals surface area (Å²) in [4.78, 5) is 11.0. The van der Waals surface area contributed by atoms with E-state index >= 15 is 0 Å². The summed E-state index contributed by atoms with van der Waals surface area (Å²) < 4.78 is 4.96. The second-order valence-electron chi connectivity index (χ2n) is 3.53. The van der Waals surface area contributed by atoms with Gasteiger partial charge >= 0.3 is 5.97 Å². The van der Waals surface area contributed by atoms with E-state index in [0.29, 0.717) is 0 Å². The maximum Gasteiger partial charge on any atom is 0.312 e. The zero-order chi connectivity index (χ0) is 12.3. The maximum atomic E-state index is 11.0. The van der Waals surface area contributed by atoms with Crippen LogP contribution in [0.3, 0.4) is 0 Å². The number of nitrogens with two attached hydrogens (primary N) is 1. The Bertz CT molecular complexity index is 403. The van der Waals surface area contributed by atoms with E-state index in [1.807, 2.05) is 0 Å². The van der Waals surface area contributed by atoms with Crippen molar-refractivity contribution in [1.29, 1.82) is 0 Å². The Labute approximate surface area is 93.5 Å². The van der Waals surface area contributed by atoms with Crippen LogP contribution >= 0.6 is 0 Å². The first-order chi connectivity index (χ1) is 7.51. The Morgan fingerprint density at radius 1 is 1.56 bits per heavy atom. The van der Waals surface area contributed by atoms with E-state index in [0.717, 1.165) is 5.56 Å². The van der Waals surface area contributed by atoms with Crippen LogP contribution in [0.25, 0.3) is 0 Å². The molecule has 0 radical (unpaired) electrons. The molecule has 0 heterocycles. The molecule has 16 heavy (non-hydrogen) atoms. The van der Waals surface area contributed by atoms with E-state index in [4.69, 9.17) is 15.6 Å². The lowest BCUT2D eigenvalue weighted by Gasteiger charge is -2.15. The van der Waals surface area contributed by atoms with Crippen molar-refractivity contribution in [1.82, 2.24) is 0 Å². The highest BCUT2D eigenvalue weighted by atomic mass is 16.5. The third kappa shape index (κ3) is 2.25. The Morgan fingerprint density at radius 2 is 2.19 bits per heavy atom. The highest BCUT2D eigenvalue weighted by Gasteiger charge is 2.23. The number of aryl methyl sites for hydroxylation is 1. The number of carboxylic acids is 1. The van der Waals surface area contributed by atoms with Crippen LogP contribution in [-0.4, -0.2) is 29.8 Å². The van der Waals surface area contributed by atoms with Crippen LogP contribution in [0.1, 0.15) is 17.0 Å². The van der Waals surface area contributed by atoms with Crippen molar-refractivity contribution in [3.63, 3.8) is 0 Å². The molecule has 0 aliphatic carbocycles. The summed E-state index contributed by atoms with van der Waals surface area (Å²) in [5.41, 5.74) is 6.48. The molecule has 1 unspecified atom stereocenters. The van der Waals surface area contributed by atoms with Crippen LogP contribution in [-0.2, 0) is 4.79 Å². The van der Waals surface area contributed by atoms with Crippen molar-refractivity contribution in [2.75, 3.05) is 13.7 Å². The van der Waals surface area contributed by atoms with E-state index in [-0.39, 0.29) is 23.6 Å². The molecule has 0 saturated carbocycles. The Kier molecular flexibility index (Phi) is 3.73. The van der Waals surface area contributed by atoms with E-state index in [9.17, 15) is 9.90 Å². The fraction of sp³-hybridized carbons (Fsp3) is 0.364. The van der Waals surface area contributed by atoms with Crippen molar-refractivity contribution < 1.29 is 19.7 Å². The average Bonchev–Trinajstić information content (AvgIpc) is 2.23. The number of phenols is 1. The topological polar surface area (TPSA) is 92.8 Å². The molecule has 0 fully saturated rings. The van der Waals surface area contributed by atoms with Gasteiger partial charge in [0.25, 0.3) is 0 Å². The second-order valence-corrected chi connectivity index (χ2v) is 3.53. The number of phenolic OH excluding ortho intramolecular Hbond substituents is 1. The Morgan fingerprint density at radius 3 is 2.62 bits per heavy atom. The third-order valence-electron chi connectivity index (χ3n) is 2.38. The first kappa shape index (κ1) is 12.3. The number of carboxylic acid groups (broad SMARTS) is 1. The summed E-state index contributed by atoms with van der Waals surface area (Å²) in [5.74, 6) is -1.89. The molecule has 0 spiro atoms. The monoisotopic (exact) mass is 225 g/mol. The molecule has 88 valence electrons. The number of benzene rings is 1. The minimum absolute atomic E-state index is 0.0739. The third-order valence-corrected chi connectivity index (χ3v) is 2.38. The van der Waals surface area contributed by atoms with Crippen LogP contribution in [0.2, 0.25) is 0 Å². The maximum absolute atomic E-state index is 11.0. The van der Waals surface area contributed by atoms with Gasteiger partial charge in [-0.25, -0.2) is 0 Å². The molecule has 5 heteroatoms. The van der Waals surface area contributed by atoms with Crippen LogP contribution in [0.5, 0.6) is 11.5 Å². The van der Waals surface area contributed by atoms with Gasteiger partial charge in [0.1, 0.15) is 0 Å². The van der Waals surface area contributed by atoms with Crippen LogP contribution < -0.4 is 10.5 Å². The second kappa shape index (κ2) is 4.85. The van der Waals surface area contributed by atoms with Gasteiger partial charge in [0, 0.05) is 12.1 Å². The van der Waals surface area contributed by atoms with Gasteiger partial charge in [0.05, 0.1) is 13.0 Å². The van der Waals surface area contributed by atoms with Crippen molar-refractivity contribution in [2.24, 2.45) is 5.73 Å². The molecule has 0 bridgehead atoms. The smallest absolute Gasteiger partial charge is 0.312 e. The molecule has 4 N–H and O–H groups in total. The van der Waals surface area contributed by atoms with Gasteiger partial charge in [-0.3, -0.25) is 4.79 Å². The summed E-state index contributed by atoms with van der Waals surface area (Å²) in [6, 6.07) is 3.23. The molecular formula is C11H15NO4. The van der Waals surface area contributed by atoms with Crippen LogP contribution in [0.15, 0.2) is 12.1 Å². The predicted molar refractivity (Wildman–Crippen MR) is 58.8 cm³/mol. The quantitative estimate of drug-likeness (QED) is 0.706. The zero-order valence-electron chi connectivity index (χ0n) is 9.23. The van der Waals surface area contributed by atoms with E-state index in [2.05, 4.69) is 0 Å². The van der Waals surface area contributed by atoms with E-state index in [1.54, 1.807) is 19.1 Å². The minimum atomic E-state index is -1.06. The predicted octanol–water partition coefficient (Wildman–Crippen LogP) is 0.836. The first-order valence-electron chi connectivity index (χ1n) is 4.81. The number of methoxy groups -OCH3 is 1. The van der Waals surface area contributed by atoms with Crippen LogP contribution in [0.4, 0.5) is 0 Å². The lowest BCUT2D eigenvalue weighted by atomic mass is 9.96. The Hall–Kier alpha value is -1.75. The summed E-state index contributed by atoms with van der Waals surface area (Å²) >= 11 is 0. The number of hydrogen-bond acceptors (Lipinski definition) is 4.